The Bertz CT molecular complexity index is 461. The fourth-order valence-corrected chi connectivity index (χ4v) is 2.27. The van der Waals surface area contributed by atoms with Gasteiger partial charge >= 0.3 is 0 Å². The summed E-state index contributed by atoms with van der Waals surface area (Å²) in [7, 11) is 3.07. The number of nitrogens with zero attached hydrogens (tertiary/aromatic N) is 1. The van der Waals surface area contributed by atoms with E-state index >= 15 is 0 Å². The van der Waals surface area contributed by atoms with Crippen LogP contribution in [0, 0.1) is 0 Å². The monoisotopic (exact) mass is 265 g/mol. The second-order valence-corrected chi connectivity index (χ2v) is 4.68. The fraction of sp³-hybridized carbons (Fsp3) is 0.500. The normalized spacial score (nSPS) is 15.4. The van der Waals surface area contributed by atoms with E-state index in [0.29, 0.717) is 13.1 Å². The van der Waals surface area contributed by atoms with E-state index in [2.05, 4.69) is 0 Å². The third kappa shape index (κ3) is 3.12. The van der Waals surface area contributed by atoms with Gasteiger partial charge in [-0.2, -0.15) is 0 Å². The number of carbonyl (C=O) groups excluding carboxylic acids is 1. The predicted molar refractivity (Wildman–Crippen MR) is 69.4 cm³/mol. The summed E-state index contributed by atoms with van der Waals surface area (Å²) < 4.78 is 9.80. The van der Waals surface area contributed by atoms with Gasteiger partial charge in [-0.05, 0) is 16.7 Å². The number of carbonyl (C=O) groups is 1. The van der Waals surface area contributed by atoms with E-state index < -0.39 is 6.10 Å². The molecule has 1 unspecified atom stereocenters. The van der Waals surface area contributed by atoms with Crippen molar-refractivity contribution in [2.75, 3.05) is 27.4 Å². The minimum Gasteiger partial charge on any atom is -0.386 e. The first kappa shape index (κ1) is 14.0. The van der Waals surface area contributed by atoms with Crippen molar-refractivity contribution >= 4 is 5.91 Å². The lowest BCUT2D eigenvalue weighted by Crippen LogP contribution is -2.28. The third-order valence-corrected chi connectivity index (χ3v) is 3.28. The summed E-state index contributed by atoms with van der Waals surface area (Å²) in [5, 5.41) is 9.89. The van der Waals surface area contributed by atoms with Crippen molar-refractivity contribution in [3.63, 3.8) is 0 Å². The molecular weight excluding hydrogens is 246 g/mol. The highest BCUT2D eigenvalue weighted by Gasteiger charge is 2.23. The lowest BCUT2D eigenvalue weighted by atomic mass is 10.0. The van der Waals surface area contributed by atoms with Gasteiger partial charge < -0.3 is 19.5 Å². The Morgan fingerprint density at radius 1 is 1.32 bits per heavy atom. The number of hydrogen-bond acceptors (Lipinski definition) is 4. The molecule has 1 N–H and O–H groups in total. The van der Waals surface area contributed by atoms with E-state index in [0.717, 1.165) is 16.7 Å². The second kappa shape index (κ2) is 6.14. The van der Waals surface area contributed by atoms with Gasteiger partial charge in [0.1, 0.15) is 12.7 Å². The van der Waals surface area contributed by atoms with Gasteiger partial charge in [0, 0.05) is 27.3 Å². The topological polar surface area (TPSA) is 59.0 Å². The van der Waals surface area contributed by atoms with Crippen LogP contribution in [-0.2, 0) is 27.4 Å². The zero-order chi connectivity index (χ0) is 13.8. The smallest absolute Gasteiger partial charge is 0.249 e. The number of hydrogen-bond donors (Lipinski definition) is 1. The number of benzene rings is 1. The number of amides is 1. The van der Waals surface area contributed by atoms with E-state index in [-0.39, 0.29) is 19.1 Å². The number of rotatable bonds is 5. The summed E-state index contributed by atoms with van der Waals surface area (Å²) in [4.78, 5) is 13.5. The average Bonchev–Trinajstić information content (AvgIpc) is 2.82. The Labute approximate surface area is 112 Å². The van der Waals surface area contributed by atoms with Gasteiger partial charge in [0.2, 0.25) is 5.91 Å². The molecule has 0 radical (unpaired) electrons. The molecule has 1 amide bonds. The summed E-state index contributed by atoms with van der Waals surface area (Å²) in [5.41, 5.74) is 3.02. The molecule has 0 fully saturated rings. The van der Waals surface area contributed by atoms with Gasteiger partial charge in [0.15, 0.2) is 0 Å². The van der Waals surface area contributed by atoms with Crippen LogP contribution in [0.4, 0.5) is 0 Å². The average molecular weight is 265 g/mol. The van der Waals surface area contributed by atoms with Crippen molar-refractivity contribution in [1.82, 2.24) is 4.90 Å². The molecule has 104 valence electrons. The van der Waals surface area contributed by atoms with Crippen LogP contribution in [0.15, 0.2) is 18.2 Å². The molecule has 0 aromatic heterocycles. The number of fused-ring (bicyclic) bond motifs is 1. The minimum atomic E-state index is -0.626. The zero-order valence-electron chi connectivity index (χ0n) is 11.3. The molecule has 0 bridgehead atoms. The zero-order valence-corrected chi connectivity index (χ0v) is 11.3. The highest BCUT2D eigenvalue weighted by molar-refractivity contribution is 5.78. The molecule has 1 aliphatic heterocycles. The largest absolute Gasteiger partial charge is 0.386 e. The van der Waals surface area contributed by atoms with Gasteiger partial charge in [-0.3, -0.25) is 4.79 Å². The van der Waals surface area contributed by atoms with E-state index in [9.17, 15) is 9.90 Å². The molecular formula is C14H19NO4. The van der Waals surface area contributed by atoms with Crippen LogP contribution in [0.1, 0.15) is 22.8 Å². The van der Waals surface area contributed by atoms with Gasteiger partial charge in [-0.1, -0.05) is 18.2 Å². The lowest BCUT2D eigenvalue weighted by Gasteiger charge is -2.14. The van der Waals surface area contributed by atoms with E-state index in [1.807, 2.05) is 18.2 Å². The van der Waals surface area contributed by atoms with Crippen molar-refractivity contribution in [2.45, 2.75) is 19.2 Å². The summed E-state index contributed by atoms with van der Waals surface area (Å²) in [5.74, 6) is -0.0160. The standard InChI is InChI=1S/C14H19NO4/c1-18-8-13(16)10-3-4-11-6-15(7-12(11)5-10)14(17)9-19-2/h3-5,13,16H,6-9H2,1-2H3. The number of methoxy groups -OCH3 is 2. The van der Waals surface area contributed by atoms with Crippen molar-refractivity contribution < 1.29 is 19.4 Å². The maximum Gasteiger partial charge on any atom is 0.249 e. The molecule has 1 aliphatic rings. The molecule has 19 heavy (non-hydrogen) atoms. The summed E-state index contributed by atoms with van der Waals surface area (Å²) in [6, 6.07) is 5.79. The fourth-order valence-electron chi connectivity index (χ4n) is 2.27. The van der Waals surface area contributed by atoms with Crippen LogP contribution >= 0.6 is 0 Å². The number of ether oxygens (including phenoxy) is 2. The lowest BCUT2D eigenvalue weighted by molar-refractivity contribution is -0.135. The van der Waals surface area contributed by atoms with E-state index in [4.69, 9.17) is 9.47 Å². The maximum absolute atomic E-state index is 11.8. The van der Waals surface area contributed by atoms with Gasteiger partial charge in [0.05, 0.1) is 6.61 Å². The summed E-state index contributed by atoms with van der Waals surface area (Å²) in [6.45, 7) is 1.56. The maximum atomic E-state index is 11.8. The first-order chi connectivity index (χ1) is 9.15. The van der Waals surface area contributed by atoms with Crippen LogP contribution in [-0.4, -0.2) is 43.3 Å². The van der Waals surface area contributed by atoms with Crippen molar-refractivity contribution in [3.05, 3.63) is 34.9 Å². The third-order valence-electron chi connectivity index (χ3n) is 3.28. The van der Waals surface area contributed by atoms with Gasteiger partial charge in [0.25, 0.3) is 0 Å². The second-order valence-electron chi connectivity index (χ2n) is 4.68. The van der Waals surface area contributed by atoms with Crippen LogP contribution < -0.4 is 0 Å². The highest BCUT2D eigenvalue weighted by Crippen LogP contribution is 2.26. The van der Waals surface area contributed by atoms with Crippen molar-refractivity contribution in [1.29, 1.82) is 0 Å². The van der Waals surface area contributed by atoms with Crippen molar-refractivity contribution in [3.8, 4) is 0 Å². The Hall–Kier alpha value is -1.43. The molecule has 2 rings (SSSR count). The quantitative estimate of drug-likeness (QED) is 0.857. The van der Waals surface area contributed by atoms with Crippen LogP contribution in [0.2, 0.25) is 0 Å². The minimum absolute atomic E-state index is 0.0160. The molecule has 5 nitrogen and oxygen atoms in total. The van der Waals surface area contributed by atoms with Crippen LogP contribution in [0.5, 0.6) is 0 Å². The molecule has 0 saturated carbocycles. The Morgan fingerprint density at radius 3 is 2.74 bits per heavy atom. The molecule has 1 aromatic carbocycles. The van der Waals surface area contributed by atoms with Crippen LogP contribution in [0.25, 0.3) is 0 Å². The number of aliphatic hydroxyl groups excluding tert-OH is 1. The van der Waals surface area contributed by atoms with Crippen LogP contribution in [0.3, 0.4) is 0 Å². The molecule has 1 heterocycles. The Balaban J connectivity index is 2.09. The molecule has 0 aliphatic carbocycles. The molecule has 0 saturated heterocycles. The Kier molecular flexibility index (Phi) is 4.52. The predicted octanol–water partition coefficient (Wildman–Crippen LogP) is 0.855. The SMILES string of the molecule is COCC(=O)N1Cc2ccc(C(O)COC)cc2C1. The van der Waals surface area contributed by atoms with Gasteiger partial charge in [-0.15, -0.1) is 0 Å². The van der Waals surface area contributed by atoms with Gasteiger partial charge in [-0.25, -0.2) is 0 Å². The Morgan fingerprint density at radius 2 is 2.05 bits per heavy atom. The number of aliphatic hydroxyl groups is 1. The first-order valence-corrected chi connectivity index (χ1v) is 6.21. The van der Waals surface area contributed by atoms with Crippen molar-refractivity contribution in [2.24, 2.45) is 0 Å². The molecule has 1 atom stereocenters. The molecule has 1 aromatic rings. The first-order valence-electron chi connectivity index (χ1n) is 6.21. The highest BCUT2D eigenvalue weighted by atomic mass is 16.5. The summed E-state index contributed by atoms with van der Waals surface area (Å²) in [6.07, 6.45) is -0.626. The van der Waals surface area contributed by atoms with E-state index in [1.165, 1.54) is 7.11 Å². The van der Waals surface area contributed by atoms with E-state index in [1.54, 1.807) is 12.0 Å². The molecule has 0 spiro atoms. The molecule has 5 heteroatoms. The summed E-state index contributed by atoms with van der Waals surface area (Å²) >= 11 is 0.